The summed E-state index contributed by atoms with van der Waals surface area (Å²) in [7, 11) is -8.12. The van der Waals surface area contributed by atoms with Crippen molar-refractivity contribution in [2.75, 3.05) is 29.5 Å². The molecule has 39 heavy (non-hydrogen) atoms. The Morgan fingerprint density at radius 2 is 1.87 bits per heavy atom. The molecule has 2 aliphatic heterocycles. The Morgan fingerprint density at radius 1 is 1.10 bits per heavy atom. The first kappa shape index (κ1) is 27.6. The van der Waals surface area contributed by atoms with E-state index in [4.69, 9.17) is 18.2 Å². The van der Waals surface area contributed by atoms with Crippen molar-refractivity contribution in [1.82, 2.24) is 5.48 Å². The molecule has 0 saturated heterocycles. The maximum absolute atomic E-state index is 12.2. The predicted octanol–water partition coefficient (Wildman–Crippen LogP) is 2.14. The number of para-hydroxylation sites is 2. The van der Waals surface area contributed by atoms with Crippen LogP contribution in [0.2, 0.25) is 0 Å². The van der Waals surface area contributed by atoms with Crippen LogP contribution in [0.3, 0.4) is 0 Å². The van der Waals surface area contributed by atoms with Crippen molar-refractivity contribution in [3.63, 3.8) is 0 Å². The molecule has 12 nitrogen and oxygen atoms in total. The van der Waals surface area contributed by atoms with Crippen molar-refractivity contribution < 1.29 is 44.1 Å². The quantitative estimate of drug-likeness (QED) is 0.191. The minimum Gasteiger partial charge on any atom is -0.748 e. The SMILES string of the molecule is CCNOS(=O)(=O)CCCN1C(=Cc2oc3ccccc3[n+]2CCCS(=O)(=O)[O-])Oc2cc3c(cc21)COC3. The highest BCUT2D eigenvalue weighted by atomic mass is 32.2. The number of nitrogens with one attached hydrogen (secondary N) is 1. The van der Waals surface area contributed by atoms with Gasteiger partial charge in [0.25, 0.3) is 15.6 Å². The van der Waals surface area contributed by atoms with Gasteiger partial charge in [0.1, 0.15) is 6.08 Å². The summed E-state index contributed by atoms with van der Waals surface area (Å²) in [6.07, 6.45) is 2.05. The molecule has 1 N–H and O–H groups in total. The van der Waals surface area contributed by atoms with Crippen LogP contribution in [0.1, 0.15) is 36.8 Å². The third-order valence-electron chi connectivity index (χ3n) is 6.33. The molecule has 0 aliphatic carbocycles. The molecule has 0 amide bonds. The largest absolute Gasteiger partial charge is 0.748 e. The fraction of sp³-hybridized carbons (Fsp3) is 0.400. The van der Waals surface area contributed by atoms with Crippen LogP contribution in [0.5, 0.6) is 5.75 Å². The normalized spacial score (nSPS) is 16.2. The number of nitrogens with zero attached hydrogens (tertiary/aromatic N) is 2. The Labute approximate surface area is 226 Å². The number of hydroxylamine groups is 1. The van der Waals surface area contributed by atoms with E-state index in [2.05, 4.69) is 5.48 Å². The average Bonchev–Trinajstić information content (AvgIpc) is 3.56. The molecule has 5 rings (SSSR count). The molecule has 0 unspecified atom stereocenters. The van der Waals surface area contributed by atoms with Gasteiger partial charge in [-0.3, -0.25) is 0 Å². The summed E-state index contributed by atoms with van der Waals surface area (Å²) in [5, 5.41) is 0. The lowest BCUT2D eigenvalue weighted by Gasteiger charge is -2.18. The number of rotatable bonds is 12. The van der Waals surface area contributed by atoms with Gasteiger partial charge in [0, 0.05) is 31.3 Å². The van der Waals surface area contributed by atoms with Crippen LogP contribution >= 0.6 is 0 Å². The van der Waals surface area contributed by atoms with E-state index in [0.717, 1.165) is 22.3 Å². The van der Waals surface area contributed by atoms with E-state index in [-0.39, 0.29) is 25.1 Å². The minimum atomic E-state index is -4.36. The van der Waals surface area contributed by atoms with Gasteiger partial charge in [-0.1, -0.05) is 19.1 Å². The smallest absolute Gasteiger partial charge is 0.379 e. The molecule has 0 radical (unpaired) electrons. The van der Waals surface area contributed by atoms with Gasteiger partial charge in [-0.05, 0) is 35.7 Å². The fourth-order valence-corrected chi connectivity index (χ4v) is 5.94. The fourth-order valence-electron chi connectivity index (χ4n) is 4.60. The lowest BCUT2D eigenvalue weighted by Crippen LogP contribution is -2.36. The number of aromatic nitrogens is 1. The second-order valence-electron chi connectivity index (χ2n) is 9.19. The van der Waals surface area contributed by atoms with E-state index < -0.39 is 26.0 Å². The van der Waals surface area contributed by atoms with Crippen LogP contribution in [-0.4, -0.2) is 46.0 Å². The van der Waals surface area contributed by atoms with Gasteiger partial charge in [0.15, 0.2) is 12.3 Å². The zero-order chi connectivity index (χ0) is 27.6. The minimum absolute atomic E-state index is 0.109. The van der Waals surface area contributed by atoms with Gasteiger partial charge < -0.3 is 23.3 Å². The first-order valence-electron chi connectivity index (χ1n) is 12.5. The van der Waals surface area contributed by atoms with Gasteiger partial charge >= 0.3 is 5.89 Å². The molecule has 2 aliphatic rings. The van der Waals surface area contributed by atoms with E-state index in [1.165, 1.54) is 0 Å². The summed E-state index contributed by atoms with van der Waals surface area (Å²) < 4.78 is 82.4. The topological polar surface area (TPSA) is 151 Å². The summed E-state index contributed by atoms with van der Waals surface area (Å²) >= 11 is 0. The molecular weight excluding hydrogens is 550 g/mol. The van der Waals surface area contributed by atoms with Crippen LogP contribution in [-0.2, 0) is 49.0 Å². The number of hydrogen-bond acceptors (Lipinski definition) is 11. The predicted molar refractivity (Wildman–Crippen MR) is 140 cm³/mol. The highest BCUT2D eigenvalue weighted by Crippen LogP contribution is 2.43. The number of hydrogen-bond donors (Lipinski definition) is 1. The molecular formula is C25H29N3O9S2. The monoisotopic (exact) mass is 579 g/mol. The molecule has 1 aromatic heterocycles. The van der Waals surface area contributed by atoms with Gasteiger partial charge in [-0.2, -0.15) is 22.7 Å². The highest BCUT2D eigenvalue weighted by Gasteiger charge is 2.32. The maximum atomic E-state index is 12.2. The highest BCUT2D eigenvalue weighted by molar-refractivity contribution is 7.86. The summed E-state index contributed by atoms with van der Waals surface area (Å²) in [4.78, 5) is 1.87. The molecule has 0 spiro atoms. The van der Waals surface area contributed by atoms with Gasteiger partial charge in [-0.25, -0.2) is 8.42 Å². The molecule has 0 fully saturated rings. The summed E-state index contributed by atoms with van der Waals surface area (Å²) in [6, 6.07) is 11.2. The Hall–Kier alpha value is -3.01. The van der Waals surface area contributed by atoms with E-state index in [9.17, 15) is 21.4 Å². The molecule has 2 aromatic carbocycles. The molecule has 210 valence electrons. The standard InChI is InChI=1S/C25H29N3O9S2/c1-2-26-37-39(32,33)12-6-10-28-21-13-18-16-34-17-19(18)14-23(21)36-25(28)15-24-27(9-5-11-38(29,30)31)20-7-3-4-8-22(20)35-24/h3-4,7-8,13-15,26H,2,5-6,9-12,16-17H2,1H3. The van der Waals surface area contributed by atoms with Crippen molar-refractivity contribution in [2.24, 2.45) is 0 Å². The first-order chi connectivity index (χ1) is 18.6. The number of benzene rings is 2. The zero-order valence-electron chi connectivity index (χ0n) is 21.3. The molecule has 3 heterocycles. The Kier molecular flexibility index (Phi) is 7.94. The number of aryl methyl sites for hydroxylation is 1. The molecule has 3 aromatic rings. The van der Waals surface area contributed by atoms with E-state index in [1.54, 1.807) is 23.6 Å². The van der Waals surface area contributed by atoms with Crippen LogP contribution < -0.4 is 19.7 Å². The Bertz CT molecular complexity index is 1610. The first-order valence-corrected chi connectivity index (χ1v) is 15.7. The third kappa shape index (κ3) is 6.42. The van der Waals surface area contributed by atoms with Crippen LogP contribution in [0.25, 0.3) is 17.2 Å². The Balaban J connectivity index is 1.47. The molecule has 0 atom stereocenters. The summed E-state index contributed by atoms with van der Waals surface area (Å²) in [5.74, 6) is 0.717. The molecule has 14 heteroatoms. The van der Waals surface area contributed by atoms with Gasteiger partial charge in [0.05, 0.1) is 34.8 Å². The summed E-state index contributed by atoms with van der Waals surface area (Å²) in [6.45, 7) is 3.59. The lowest BCUT2D eigenvalue weighted by atomic mass is 10.1. The maximum Gasteiger partial charge on any atom is 0.379 e. The van der Waals surface area contributed by atoms with Crippen molar-refractivity contribution in [3.05, 3.63) is 59.3 Å². The number of oxazole rings is 1. The van der Waals surface area contributed by atoms with Crippen LogP contribution in [0.15, 0.2) is 46.7 Å². The molecule has 0 saturated carbocycles. The van der Waals surface area contributed by atoms with Crippen LogP contribution in [0, 0.1) is 0 Å². The number of fused-ring (bicyclic) bond motifs is 3. The second-order valence-corrected chi connectivity index (χ2v) is 12.4. The van der Waals surface area contributed by atoms with Crippen molar-refractivity contribution in [1.29, 1.82) is 0 Å². The number of anilines is 1. The van der Waals surface area contributed by atoms with E-state index >= 15 is 0 Å². The van der Waals surface area contributed by atoms with Crippen molar-refractivity contribution in [3.8, 4) is 5.75 Å². The Morgan fingerprint density at radius 3 is 2.64 bits per heavy atom. The van der Waals surface area contributed by atoms with E-state index in [1.807, 2.05) is 35.2 Å². The third-order valence-corrected chi connectivity index (χ3v) is 8.28. The van der Waals surface area contributed by atoms with E-state index in [0.29, 0.717) is 49.4 Å². The summed E-state index contributed by atoms with van der Waals surface area (Å²) in [5.41, 5.74) is 6.52. The van der Waals surface area contributed by atoms with Crippen molar-refractivity contribution in [2.45, 2.75) is 39.5 Å². The van der Waals surface area contributed by atoms with Crippen LogP contribution in [0.4, 0.5) is 5.69 Å². The second kappa shape index (κ2) is 11.2. The van der Waals surface area contributed by atoms with Crippen molar-refractivity contribution >= 4 is 43.1 Å². The average molecular weight is 580 g/mol. The zero-order valence-corrected chi connectivity index (χ0v) is 22.9. The number of ether oxygens (including phenoxy) is 2. The van der Waals surface area contributed by atoms with Gasteiger partial charge in [-0.15, -0.1) is 0 Å². The lowest BCUT2D eigenvalue weighted by molar-refractivity contribution is -0.677. The molecule has 0 bridgehead atoms. The van der Waals surface area contributed by atoms with Gasteiger partial charge in [0.2, 0.25) is 11.5 Å².